The Bertz CT molecular complexity index is 1660. The molecule has 3 atom stereocenters. The lowest BCUT2D eigenvalue weighted by atomic mass is 9.76. The average Bonchev–Trinajstić information content (AvgIpc) is 3.17. The number of benzene rings is 2. The van der Waals surface area contributed by atoms with Gasteiger partial charge in [0.25, 0.3) is 0 Å². The van der Waals surface area contributed by atoms with E-state index in [0.29, 0.717) is 49.4 Å². The van der Waals surface area contributed by atoms with E-state index < -0.39 is 24.2 Å². The first-order chi connectivity index (χ1) is 27.0. The second kappa shape index (κ2) is 23.4. The van der Waals surface area contributed by atoms with Gasteiger partial charge in [-0.15, -0.1) is 0 Å². The van der Waals surface area contributed by atoms with E-state index in [1.807, 2.05) is 42.5 Å². The topological polar surface area (TPSA) is 239 Å². The Labute approximate surface area is 336 Å². The molecular weight excluding hydrogens is 765 g/mol. The molecule has 2 aliphatic rings. The highest BCUT2D eigenvalue weighted by Gasteiger charge is 2.39. The number of alkyl halides is 3. The summed E-state index contributed by atoms with van der Waals surface area (Å²) in [4.78, 5) is 55.0. The molecule has 2 aromatic carbocycles. The van der Waals surface area contributed by atoms with E-state index in [1.54, 1.807) is 6.07 Å². The van der Waals surface area contributed by atoms with Crippen molar-refractivity contribution in [1.29, 1.82) is 5.41 Å². The van der Waals surface area contributed by atoms with Crippen molar-refractivity contribution in [3.05, 3.63) is 70.2 Å². The minimum Gasteiger partial charge on any atom is -0.475 e. The number of halogens is 4. The van der Waals surface area contributed by atoms with Crippen molar-refractivity contribution >= 4 is 47.1 Å². The van der Waals surface area contributed by atoms with Gasteiger partial charge in [0.15, 0.2) is 5.96 Å². The number of aliphatic imine (C=N–C) groups is 1. The summed E-state index contributed by atoms with van der Waals surface area (Å²) in [6.07, 6.45) is 6.87. The average molecular weight is 821 g/mol. The van der Waals surface area contributed by atoms with Crippen LogP contribution in [0.5, 0.6) is 0 Å². The molecule has 3 amide bonds. The molecule has 0 saturated heterocycles. The number of carboxylic acids is 1. The van der Waals surface area contributed by atoms with E-state index in [9.17, 15) is 27.6 Å². The third kappa shape index (κ3) is 16.6. The van der Waals surface area contributed by atoms with Gasteiger partial charge < -0.3 is 38.3 Å². The maximum absolute atomic E-state index is 14.3. The van der Waals surface area contributed by atoms with E-state index in [-0.39, 0.29) is 47.3 Å². The molecule has 11 N–H and O–H groups in total. The van der Waals surface area contributed by atoms with Crippen LogP contribution >= 0.6 is 11.6 Å². The lowest BCUT2D eigenvalue weighted by molar-refractivity contribution is -0.192. The van der Waals surface area contributed by atoms with Crippen molar-refractivity contribution in [1.82, 2.24) is 16.0 Å². The number of nitrogens with zero attached hydrogens (tertiary/aromatic N) is 1. The number of aliphatic carboxylic acids is 1. The van der Waals surface area contributed by atoms with E-state index in [1.165, 1.54) is 0 Å². The first-order valence-corrected chi connectivity index (χ1v) is 19.8. The van der Waals surface area contributed by atoms with Crippen LogP contribution in [0.15, 0.2) is 53.5 Å². The maximum atomic E-state index is 14.3. The lowest BCUT2D eigenvalue weighted by Crippen LogP contribution is -2.57. The van der Waals surface area contributed by atoms with Gasteiger partial charge in [-0.2, -0.15) is 13.2 Å². The molecule has 0 aromatic heterocycles. The molecule has 0 radical (unpaired) electrons. The smallest absolute Gasteiger partial charge is 0.475 e. The summed E-state index contributed by atoms with van der Waals surface area (Å²) in [6.45, 7) is 0.697. The van der Waals surface area contributed by atoms with Crippen molar-refractivity contribution in [3.8, 4) is 0 Å². The Morgan fingerprint density at radius 3 is 1.98 bits per heavy atom. The summed E-state index contributed by atoms with van der Waals surface area (Å²) in [5, 5.41) is 24.7. The molecule has 2 fully saturated rings. The lowest BCUT2D eigenvalue weighted by Gasteiger charge is -2.34. The number of nitrogen functional groups attached to an aromatic ring is 1. The van der Waals surface area contributed by atoms with Gasteiger partial charge in [-0.05, 0) is 86.5 Å². The molecule has 17 heteroatoms. The van der Waals surface area contributed by atoms with Crippen LogP contribution in [0.25, 0.3) is 0 Å². The molecular formula is C40H56ClF3N8O5. The van der Waals surface area contributed by atoms with E-state index >= 15 is 0 Å². The quantitative estimate of drug-likeness (QED) is 0.0615. The molecule has 0 spiro atoms. The minimum atomic E-state index is -5.08. The van der Waals surface area contributed by atoms with Gasteiger partial charge in [-0.3, -0.25) is 24.8 Å². The number of nitrogens with one attached hydrogen (secondary N) is 4. The van der Waals surface area contributed by atoms with E-state index in [2.05, 4.69) is 20.9 Å². The van der Waals surface area contributed by atoms with E-state index in [0.717, 1.165) is 75.3 Å². The Morgan fingerprint density at radius 1 is 0.842 bits per heavy atom. The summed E-state index contributed by atoms with van der Waals surface area (Å²) in [5.74, 6) is -3.66. The van der Waals surface area contributed by atoms with Crippen LogP contribution in [0, 0.1) is 23.2 Å². The first kappa shape index (κ1) is 46.5. The van der Waals surface area contributed by atoms with Crippen LogP contribution < -0.4 is 33.2 Å². The number of carboxylic acid groups (broad SMARTS) is 1. The highest BCUT2D eigenvalue weighted by atomic mass is 35.5. The van der Waals surface area contributed by atoms with E-state index in [4.69, 9.17) is 44.1 Å². The van der Waals surface area contributed by atoms with Crippen LogP contribution in [0.3, 0.4) is 0 Å². The van der Waals surface area contributed by atoms with Crippen LogP contribution in [-0.2, 0) is 32.0 Å². The van der Waals surface area contributed by atoms with Crippen LogP contribution in [-0.4, -0.2) is 71.9 Å². The SMILES string of the molecule is N=C(N)c1ccc(CC(C(=O)NC(C(=O)N[C@@H](CCCN=C(N)N)C(=O)NCCc2cccc(Cl)c2)C2CCCCC2)C2CCCCC2)cc1.O=C(O)C(F)(F)F. The minimum absolute atomic E-state index is 0.00351. The number of hydrogen-bond donors (Lipinski definition) is 8. The predicted molar refractivity (Wildman–Crippen MR) is 213 cm³/mol. The third-order valence-corrected chi connectivity index (χ3v) is 10.6. The Balaban J connectivity index is 0.00000113. The fraction of sp³-hybridized carbons (Fsp3) is 0.550. The van der Waals surface area contributed by atoms with Gasteiger partial charge in [-0.25, -0.2) is 4.79 Å². The standard InChI is InChI=1S/C38H55ClN8O3.C2HF3O2/c39-30-14-7-9-25(23-30)20-22-44-36(49)32(15-8-21-45-38(42)43)46-37(50)33(28-12-5-2-6-13-28)47-35(48)31(27-10-3-1-4-11-27)24-26-16-18-29(19-17-26)34(40)41;3-2(4,5)1(6)7/h7,9,14,16-19,23,27-28,31-33H,1-6,8,10-13,15,20-22,24H2,(H3,40,41)(H,44,49)(H,46,50)(H,47,48)(H4,42,43,45);(H,6,7)/t31?,32-,33?;/m0./s1. The predicted octanol–water partition coefficient (Wildman–Crippen LogP) is 4.96. The Morgan fingerprint density at radius 2 is 1.44 bits per heavy atom. The summed E-state index contributed by atoms with van der Waals surface area (Å²) >= 11 is 6.13. The third-order valence-electron chi connectivity index (χ3n) is 10.4. The number of carbonyl (C=O) groups excluding carboxylic acids is 3. The zero-order valence-electron chi connectivity index (χ0n) is 32.1. The van der Waals surface area contributed by atoms with Crippen LogP contribution in [0.4, 0.5) is 13.2 Å². The molecule has 0 heterocycles. The Kier molecular flexibility index (Phi) is 19.1. The van der Waals surface area contributed by atoms with Gasteiger partial charge >= 0.3 is 12.1 Å². The molecule has 0 aliphatic heterocycles. The number of amides is 3. The second-order valence-corrected chi connectivity index (χ2v) is 15.1. The molecule has 2 unspecified atom stereocenters. The molecule has 13 nitrogen and oxygen atoms in total. The number of rotatable bonds is 17. The summed E-state index contributed by atoms with van der Waals surface area (Å²) in [5.41, 5.74) is 19.3. The van der Waals surface area contributed by atoms with Gasteiger partial charge in [0.2, 0.25) is 17.7 Å². The van der Waals surface area contributed by atoms with Gasteiger partial charge in [0, 0.05) is 29.6 Å². The first-order valence-electron chi connectivity index (χ1n) is 19.5. The highest BCUT2D eigenvalue weighted by Crippen LogP contribution is 2.33. The fourth-order valence-corrected chi connectivity index (χ4v) is 7.60. The van der Waals surface area contributed by atoms with Crippen molar-refractivity contribution in [3.63, 3.8) is 0 Å². The molecule has 314 valence electrons. The summed E-state index contributed by atoms with van der Waals surface area (Å²) in [7, 11) is 0. The molecule has 2 aliphatic carbocycles. The number of nitrogens with two attached hydrogens (primary N) is 3. The zero-order valence-corrected chi connectivity index (χ0v) is 32.8. The van der Waals surface area contributed by atoms with Crippen molar-refractivity contribution < 1.29 is 37.5 Å². The number of carbonyl (C=O) groups is 4. The monoisotopic (exact) mass is 820 g/mol. The summed E-state index contributed by atoms with van der Waals surface area (Å²) in [6, 6.07) is 13.4. The maximum Gasteiger partial charge on any atom is 0.490 e. The molecule has 4 rings (SSSR count). The molecule has 2 aromatic rings. The van der Waals surface area contributed by atoms with Crippen molar-refractivity contribution in [2.45, 2.75) is 108 Å². The molecule has 57 heavy (non-hydrogen) atoms. The van der Waals surface area contributed by atoms with Gasteiger partial charge in [0.1, 0.15) is 17.9 Å². The van der Waals surface area contributed by atoms with Gasteiger partial charge in [-0.1, -0.05) is 86.5 Å². The molecule has 2 saturated carbocycles. The van der Waals surface area contributed by atoms with Crippen molar-refractivity contribution in [2.24, 2.45) is 39.9 Å². The number of guanidine groups is 1. The fourth-order valence-electron chi connectivity index (χ4n) is 7.39. The van der Waals surface area contributed by atoms with Gasteiger partial charge in [0.05, 0.1) is 0 Å². The zero-order chi connectivity index (χ0) is 42.0. The second-order valence-electron chi connectivity index (χ2n) is 14.7. The normalized spacial score (nSPS) is 16.4. The highest BCUT2D eigenvalue weighted by molar-refractivity contribution is 6.30. The Hall–Kier alpha value is -4.86. The summed E-state index contributed by atoms with van der Waals surface area (Å²) < 4.78 is 31.7. The van der Waals surface area contributed by atoms with Crippen LogP contribution in [0.1, 0.15) is 93.7 Å². The van der Waals surface area contributed by atoms with Crippen molar-refractivity contribution in [2.75, 3.05) is 13.1 Å². The van der Waals surface area contributed by atoms with Crippen LogP contribution in [0.2, 0.25) is 5.02 Å². The number of amidine groups is 1. The largest absolute Gasteiger partial charge is 0.490 e. The molecule has 0 bridgehead atoms. The number of hydrogen-bond acceptors (Lipinski definition) is 6.